The first kappa shape index (κ1) is 15.4. The van der Waals surface area contributed by atoms with Gasteiger partial charge in [0.2, 0.25) is 0 Å². The topological polar surface area (TPSA) is 50.8 Å². The summed E-state index contributed by atoms with van der Waals surface area (Å²) >= 11 is 6.20. The molecule has 0 atom stereocenters. The van der Waals surface area contributed by atoms with Gasteiger partial charge in [0.15, 0.2) is 0 Å². The summed E-state index contributed by atoms with van der Waals surface area (Å²) in [6.07, 6.45) is 0.779. The Hall–Kier alpha value is -2.51. The van der Waals surface area contributed by atoms with Gasteiger partial charge in [-0.05, 0) is 43.3 Å². The van der Waals surface area contributed by atoms with Gasteiger partial charge in [-0.1, -0.05) is 18.5 Å². The van der Waals surface area contributed by atoms with Crippen LogP contribution in [0, 0.1) is 11.3 Å². The van der Waals surface area contributed by atoms with Gasteiger partial charge in [-0.15, -0.1) is 0 Å². The van der Waals surface area contributed by atoms with Crippen LogP contribution in [0.15, 0.2) is 36.4 Å². The van der Waals surface area contributed by atoms with Crippen molar-refractivity contribution < 1.29 is 4.74 Å². The van der Waals surface area contributed by atoms with Crippen LogP contribution >= 0.6 is 11.6 Å². The zero-order chi connectivity index (χ0) is 16.4. The molecule has 0 aliphatic carbocycles. The number of benzene rings is 2. The zero-order valence-electron chi connectivity index (χ0n) is 13.0. The Morgan fingerprint density at radius 3 is 2.57 bits per heavy atom. The fourth-order valence-corrected chi connectivity index (χ4v) is 2.82. The lowest BCUT2D eigenvalue weighted by Gasteiger charge is -2.10. The monoisotopic (exact) mass is 325 g/mol. The van der Waals surface area contributed by atoms with Crippen LogP contribution in [0.2, 0.25) is 5.02 Å². The number of nitriles is 1. The van der Waals surface area contributed by atoms with Crippen LogP contribution in [0.5, 0.6) is 5.75 Å². The highest BCUT2D eigenvalue weighted by molar-refractivity contribution is 6.32. The van der Waals surface area contributed by atoms with Crippen molar-refractivity contribution in [2.75, 3.05) is 6.61 Å². The number of imidazole rings is 1. The SMILES string of the molecule is CCOc1ccc(-n2c(CC)nc3cc(C#N)c(Cl)cc32)cc1. The first-order valence-electron chi connectivity index (χ1n) is 7.52. The van der Waals surface area contributed by atoms with E-state index in [4.69, 9.17) is 21.6 Å². The van der Waals surface area contributed by atoms with Gasteiger partial charge in [0.25, 0.3) is 0 Å². The van der Waals surface area contributed by atoms with E-state index in [1.165, 1.54) is 0 Å². The molecule has 3 rings (SSSR count). The van der Waals surface area contributed by atoms with Crippen molar-refractivity contribution in [1.29, 1.82) is 5.26 Å². The van der Waals surface area contributed by atoms with Crippen LogP contribution in [-0.2, 0) is 6.42 Å². The molecule has 0 radical (unpaired) electrons. The molecule has 116 valence electrons. The van der Waals surface area contributed by atoms with Crippen LogP contribution < -0.4 is 4.74 Å². The molecule has 1 aromatic heterocycles. The molecule has 2 aromatic carbocycles. The third-order valence-corrected chi connectivity index (χ3v) is 3.97. The molecular weight excluding hydrogens is 310 g/mol. The summed E-state index contributed by atoms with van der Waals surface area (Å²) in [6.45, 7) is 4.65. The van der Waals surface area contributed by atoms with Crippen LogP contribution in [0.3, 0.4) is 0 Å². The number of hydrogen-bond acceptors (Lipinski definition) is 3. The molecule has 5 heteroatoms. The molecule has 1 heterocycles. The van der Waals surface area contributed by atoms with Gasteiger partial charge >= 0.3 is 0 Å². The lowest BCUT2D eigenvalue weighted by atomic mass is 10.2. The van der Waals surface area contributed by atoms with Crippen molar-refractivity contribution in [3.63, 3.8) is 0 Å². The van der Waals surface area contributed by atoms with Gasteiger partial charge in [-0.3, -0.25) is 4.57 Å². The fourth-order valence-electron chi connectivity index (χ4n) is 2.62. The number of fused-ring (bicyclic) bond motifs is 1. The number of hydrogen-bond donors (Lipinski definition) is 0. The summed E-state index contributed by atoms with van der Waals surface area (Å²) in [4.78, 5) is 4.64. The Labute approximate surface area is 139 Å². The number of rotatable bonds is 4. The molecule has 3 aromatic rings. The Morgan fingerprint density at radius 2 is 1.96 bits per heavy atom. The van der Waals surface area contributed by atoms with Gasteiger partial charge in [0.05, 0.1) is 28.2 Å². The number of ether oxygens (including phenoxy) is 1. The van der Waals surface area contributed by atoms with Crippen LogP contribution in [0.25, 0.3) is 16.7 Å². The van der Waals surface area contributed by atoms with E-state index < -0.39 is 0 Å². The van der Waals surface area contributed by atoms with E-state index in [1.807, 2.05) is 31.2 Å². The molecule has 0 aliphatic rings. The predicted octanol–water partition coefficient (Wildman–Crippen LogP) is 4.51. The lowest BCUT2D eigenvalue weighted by molar-refractivity contribution is 0.340. The largest absolute Gasteiger partial charge is 0.494 e. The van der Waals surface area contributed by atoms with Crippen LogP contribution in [0.1, 0.15) is 25.2 Å². The van der Waals surface area contributed by atoms with Crippen molar-refractivity contribution >= 4 is 22.6 Å². The van der Waals surface area contributed by atoms with E-state index in [2.05, 4.69) is 22.5 Å². The molecular formula is C18H16ClN3O. The quantitative estimate of drug-likeness (QED) is 0.709. The summed E-state index contributed by atoms with van der Waals surface area (Å²) in [5.74, 6) is 1.76. The smallest absolute Gasteiger partial charge is 0.119 e. The third kappa shape index (κ3) is 2.76. The van der Waals surface area contributed by atoms with Crippen LogP contribution in [0.4, 0.5) is 0 Å². The normalized spacial score (nSPS) is 10.7. The van der Waals surface area contributed by atoms with E-state index in [-0.39, 0.29) is 0 Å². The maximum atomic E-state index is 9.13. The molecule has 23 heavy (non-hydrogen) atoms. The minimum absolute atomic E-state index is 0.440. The van der Waals surface area contributed by atoms with Crippen molar-refractivity contribution in [2.45, 2.75) is 20.3 Å². The van der Waals surface area contributed by atoms with Crippen molar-refractivity contribution in [3.8, 4) is 17.5 Å². The summed E-state index contributed by atoms with van der Waals surface area (Å²) in [5, 5.41) is 9.57. The lowest BCUT2D eigenvalue weighted by Crippen LogP contribution is -2.00. The second-order valence-electron chi connectivity index (χ2n) is 5.08. The number of nitrogens with zero attached hydrogens (tertiary/aromatic N) is 3. The Morgan fingerprint density at radius 1 is 1.22 bits per heavy atom. The third-order valence-electron chi connectivity index (χ3n) is 3.66. The Bertz CT molecular complexity index is 891. The predicted molar refractivity (Wildman–Crippen MR) is 91.3 cm³/mol. The van der Waals surface area contributed by atoms with Gasteiger partial charge in [-0.25, -0.2) is 4.98 Å². The highest BCUT2D eigenvalue weighted by atomic mass is 35.5. The first-order chi connectivity index (χ1) is 11.2. The second-order valence-corrected chi connectivity index (χ2v) is 5.48. The van der Waals surface area contributed by atoms with Crippen LogP contribution in [-0.4, -0.2) is 16.2 Å². The maximum Gasteiger partial charge on any atom is 0.119 e. The van der Waals surface area contributed by atoms with Gasteiger partial charge in [0, 0.05) is 12.1 Å². The maximum absolute atomic E-state index is 9.13. The minimum Gasteiger partial charge on any atom is -0.494 e. The molecule has 0 saturated carbocycles. The number of aromatic nitrogens is 2. The average Bonchev–Trinajstić information content (AvgIpc) is 2.92. The van der Waals surface area contributed by atoms with E-state index >= 15 is 0 Å². The average molecular weight is 326 g/mol. The molecule has 0 spiro atoms. The highest BCUT2D eigenvalue weighted by Crippen LogP contribution is 2.28. The van der Waals surface area contributed by atoms with Gasteiger partial charge < -0.3 is 4.74 Å². The summed E-state index contributed by atoms with van der Waals surface area (Å²) in [7, 11) is 0. The van der Waals surface area contributed by atoms with E-state index in [0.717, 1.165) is 34.7 Å². The van der Waals surface area contributed by atoms with Crippen molar-refractivity contribution in [2.24, 2.45) is 0 Å². The molecule has 0 bridgehead atoms. The van der Waals surface area contributed by atoms with Gasteiger partial charge in [0.1, 0.15) is 17.6 Å². The van der Waals surface area contributed by atoms with Crippen molar-refractivity contribution in [3.05, 3.63) is 52.8 Å². The standard InChI is InChI=1S/C18H16ClN3O/c1-3-18-21-16-9-12(11-20)15(19)10-17(16)22(18)13-5-7-14(8-6-13)23-4-2/h5-10H,3-4H2,1-2H3. The highest BCUT2D eigenvalue weighted by Gasteiger charge is 2.14. The molecule has 4 nitrogen and oxygen atoms in total. The molecule has 0 aliphatic heterocycles. The number of halogens is 1. The fraction of sp³-hybridized carbons (Fsp3) is 0.222. The van der Waals surface area contributed by atoms with E-state index in [1.54, 1.807) is 12.1 Å². The molecule has 0 fully saturated rings. The Kier molecular flexibility index (Phi) is 4.22. The second kappa shape index (κ2) is 6.31. The molecule has 0 amide bonds. The Balaban J connectivity index is 2.19. The molecule has 0 saturated heterocycles. The molecule has 0 unspecified atom stereocenters. The zero-order valence-corrected chi connectivity index (χ0v) is 13.8. The first-order valence-corrected chi connectivity index (χ1v) is 7.90. The molecule has 0 N–H and O–H groups in total. The van der Waals surface area contributed by atoms with E-state index in [9.17, 15) is 0 Å². The number of aryl methyl sites for hydroxylation is 1. The summed E-state index contributed by atoms with van der Waals surface area (Å²) in [6, 6.07) is 13.5. The minimum atomic E-state index is 0.440. The van der Waals surface area contributed by atoms with E-state index in [0.29, 0.717) is 17.2 Å². The van der Waals surface area contributed by atoms with Gasteiger partial charge in [-0.2, -0.15) is 5.26 Å². The summed E-state index contributed by atoms with van der Waals surface area (Å²) in [5.41, 5.74) is 3.11. The van der Waals surface area contributed by atoms with Crippen molar-refractivity contribution in [1.82, 2.24) is 9.55 Å². The summed E-state index contributed by atoms with van der Waals surface area (Å²) < 4.78 is 7.56.